The minimum atomic E-state index is 0.599. The molecular weight excluding hydrogens is 308 g/mol. The number of carbonyl (C=O) groups is 1. The molecule has 0 atom stereocenters. The minimum Gasteiger partial charge on any atom is -0.491 e. The Morgan fingerprint density at radius 3 is 2.74 bits per heavy atom. The lowest BCUT2D eigenvalue weighted by atomic mass is 10.2. The molecular formula is C14H19BrN2O2. The predicted molar refractivity (Wildman–Crippen MR) is 79.0 cm³/mol. The number of rotatable bonds is 5. The van der Waals surface area contributed by atoms with Crippen molar-refractivity contribution in [2.75, 3.05) is 46.4 Å². The van der Waals surface area contributed by atoms with Crippen LogP contribution >= 0.6 is 15.9 Å². The van der Waals surface area contributed by atoms with Crippen molar-refractivity contribution in [1.29, 1.82) is 0 Å². The van der Waals surface area contributed by atoms with Crippen LogP contribution in [0.2, 0.25) is 0 Å². The van der Waals surface area contributed by atoms with Gasteiger partial charge in [-0.1, -0.05) is 15.9 Å². The molecule has 0 bridgehead atoms. The third kappa shape index (κ3) is 4.30. The number of ether oxygens (including phenoxy) is 1. The van der Waals surface area contributed by atoms with Gasteiger partial charge in [-0.3, -0.25) is 9.69 Å². The van der Waals surface area contributed by atoms with Crippen LogP contribution in [0.1, 0.15) is 10.4 Å². The van der Waals surface area contributed by atoms with Gasteiger partial charge < -0.3 is 9.64 Å². The van der Waals surface area contributed by atoms with E-state index >= 15 is 0 Å². The Morgan fingerprint density at radius 1 is 1.32 bits per heavy atom. The molecule has 0 amide bonds. The lowest BCUT2D eigenvalue weighted by Gasteiger charge is -2.32. The molecule has 1 fully saturated rings. The number of hydrogen-bond donors (Lipinski definition) is 0. The zero-order valence-electron chi connectivity index (χ0n) is 11.1. The number of nitrogens with zero attached hydrogens (tertiary/aromatic N) is 2. The van der Waals surface area contributed by atoms with Crippen molar-refractivity contribution in [3.8, 4) is 5.75 Å². The fourth-order valence-electron chi connectivity index (χ4n) is 2.09. The second kappa shape index (κ2) is 7.03. The summed E-state index contributed by atoms with van der Waals surface area (Å²) in [6.45, 7) is 5.89. The van der Waals surface area contributed by atoms with Gasteiger partial charge in [-0.15, -0.1) is 0 Å². The van der Waals surface area contributed by atoms with Crippen LogP contribution in [0.5, 0.6) is 5.75 Å². The van der Waals surface area contributed by atoms with Crippen LogP contribution in [0, 0.1) is 0 Å². The number of likely N-dealkylation sites (N-methyl/N-ethyl adjacent to an activating group) is 1. The quantitative estimate of drug-likeness (QED) is 0.773. The van der Waals surface area contributed by atoms with Crippen LogP contribution in [0.15, 0.2) is 22.7 Å². The molecule has 4 nitrogen and oxygen atoms in total. The molecule has 1 aliphatic heterocycles. The topological polar surface area (TPSA) is 32.8 Å². The Hall–Kier alpha value is -0.910. The monoisotopic (exact) mass is 326 g/mol. The van der Waals surface area contributed by atoms with Gasteiger partial charge in [-0.05, 0) is 25.2 Å². The van der Waals surface area contributed by atoms with E-state index in [-0.39, 0.29) is 0 Å². The lowest BCUT2D eigenvalue weighted by molar-refractivity contribution is 0.111. The van der Waals surface area contributed by atoms with Crippen molar-refractivity contribution in [3.05, 3.63) is 28.2 Å². The van der Waals surface area contributed by atoms with Crippen LogP contribution in [0.25, 0.3) is 0 Å². The molecule has 1 aromatic rings. The highest BCUT2D eigenvalue weighted by Gasteiger charge is 2.13. The van der Waals surface area contributed by atoms with Crippen molar-refractivity contribution < 1.29 is 9.53 Å². The summed E-state index contributed by atoms with van der Waals surface area (Å²) in [6, 6.07) is 5.45. The smallest absolute Gasteiger partial charge is 0.153 e. The first-order valence-electron chi connectivity index (χ1n) is 6.47. The van der Waals surface area contributed by atoms with Gasteiger partial charge in [0, 0.05) is 37.2 Å². The number of benzene rings is 1. The lowest BCUT2D eigenvalue weighted by Crippen LogP contribution is -2.45. The summed E-state index contributed by atoms with van der Waals surface area (Å²) in [5.41, 5.74) is 0.599. The molecule has 1 aromatic carbocycles. The molecule has 1 heterocycles. The highest BCUT2D eigenvalue weighted by molar-refractivity contribution is 9.10. The van der Waals surface area contributed by atoms with E-state index in [1.165, 1.54) is 0 Å². The normalized spacial score (nSPS) is 17.4. The molecule has 104 valence electrons. The summed E-state index contributed by atoms with van der Waals surface area (Å²) in [5.74, 6) is 0.651. The molecule has 0 N–H and O–H groups in total. The standard InChI is InChI=1S/C14H19BrN2O2/c1-16-4-6-17(7-5-16)8-9-19-14-10-13(15)3-2-12(14)11-18/h2-3,10-11H,4-9H2,1H3. The van der Waals surface area contributed by atoms with Gasteiger partial charge in [-0.2, -0.15) is 0 Å². The Kier molecular flexibility index (Phi) is 5.36. The molecule has 0 unspecified atom stereocenters. The second-order valence-electron chi connectivity index (χ2n) is 4.79. The van der Waals surface area contributed by atoms with Crippen LogP contribution in [0.4, 0.5) is 0 Å². The molecule has 0 saturated carbocycles. The Labute approximate surface area is 122 Å². The Morgan fingerprint density at radius 2 is 2.05 bits per heavy atom. The maximum absolute atomic E-state index is 10.9. The van der Waals surface area contributed by atoms with Gasteiger partial charge in [0.2, 0.25) is 0 Å². The van der Waals surface area contributed by atoms with Gasteiger partial charge >= 0.3 is 0 Å². The number of hydrogen-bond acceptors (Lipinski definition) is 4. The average Bonchev–Trinajstić information content (AvgIpc) is 2.41. The van der Waals surface area contributed by atoms with Crippen molar-refractivity contribution in [3.63, 3.8) is 0 Å². The van der Waals surface area contributed by atoms with E-state index in [9.17, 15) is 4.79 Å². The van der Waals surface area contributed by atoms with E-state index in [0.717, 1.165) is 43.5 Å². The van der Waals surface area contributed by atoms with Crippen LogP contribution in [0.3, 0.4) is 0 Å². The van der Waals surface area contributed by atoms with Crippen molar-refractivity contribution in [2.45, 2.75) is 0 Å². The summed E-state index contributed by atoms with van der Waals surface area (Å²) >= 11 is 3.39. The third-order valence-corrected chi connectivity index (χ3v) is 3.86. The summed E-state index contributed by atoms with van der Waals surface area (Å²) < 4.78 is 6.65. The second-order valence-corrected chi connectivity index (χ2v) is 5.71. The van der Waals surface area contributed by atoms with Crippen LogP contribution in [-0.4, -0.2) is 62.5 Å². The van der Waals surface area contributed by atoms with Crippen LogP contribution < -0.4 is 4.74 Å². The van der Waals surface area contributed by atoms with Crippen molar-refractivity contribution in [1.82, 2.24) is 9.80 Å². The van der Waals surface area contributed by atoms with Gasteiger partial charge in [0.1, 0.15) is 12.4 Å². The van der Waals surface area contributed by atoms with Gasteiger partial charge in [-0.25, -0.2) is 0 Å². The van der Waals surface area contributed by atoms with E-state index in [0.29, 0.717) is 17.9 Å². The van der Waals surface area contributed by atoms with E-state index in [2.05, 4.69) is 32.8 Å². The molecule has 1 aliphatic rings. The Balaban J connectivity index is 1.82. The molecule has 0 radical (unpaired) electrons. The zero-order chi connectivity index (χ0) is 13.7. The fraction of sp³-hybridized carbons (Fsp3) is 0.500. The number of halogens is 1. The highest BCUT2D eigenvalue weighted by atomic mass is 79.9. The minimum absolute atomic E-state index is 0.599. The molecule has 0 spiro atoms. The third-order valence-electron chi connectivity index (χ3n) is 3.36. The molecule has 0 aliphatic carbocycles. The SMILES string of the molecule is CN1CCN(CCOc2cc(Br)ccc2C=O)CC1. The Bertz CT molecular complexity index is 431. The predicted octanol–water partition coefficient (Wildman–Crippen LogP) is 1.89. The zero-order valence-corrected chi connectivity index (χ0v) is 12.7. The fourth-order valence-corrected chi connectivity index (χ4v) is 2.43. The van der Waals surface area contributed by atoms with E-state index < -0.39 is 0 Å². The summed E-state index contributed by atoms with van der Waals surface area (Å²) in [6.07, 6.45) is 0.831. The van der Waals surface area contributed by atoms with Crippen molar-refractivity contribution in [2.24, 2.45) is 0 Å². The largest absolute Gasteiger partial charge is 0.491 e. The summed E-state index contributed by atoms with van der Waals surface area (Å²) in [7, 11) is 2.14. The molecule has 0 aromatic heterocycles. The van der Waals surface area contributed by atoms with E-state index in [4.69, 9.17) is 4.74 Å². The van der Waals surface area contributed by atoms with Crippen LogP contribution in [-0.2, 0) is 0 Å². The maximum Gasteiger partial charge on any atom is 0.153 e. The first-order chi connectivity index (χ1) is 9.19. The molecule has 5 heteroatoms. The number of aldehydes is 1. The average molecular weight is 327 g/mol. The number of piperazine rings is 1. The molecule has 19 heavy (non-hydrogen) atoms. The van der Waals surface area contributed by atoms with Crippen molar-refractivity contribution >= 4 is 22.2 Å². The molecule has 1 saturated heterocycles. The first kappa shape index (κ1) is 14.5. The highest BCUT2D eigenvalue weighted by Crippen LogP contribution is 2.22. The maximum atomic E-state index is 10.9. The van der Waals surface area contributed by atoms with Gasteiger partial charge in [0.25, 0.3) is 0 Å². The first-order valence-corrected chi connectivity index (χ1v) is 7.27. The van der Waals surface area contributed by atoms with E-state index in [1.54, 1.807) is 6.07 Å². The van der Waals surface area contributed by atoms with Gasteiger partial charge in [0.15, 0.2) is 6.29 Å². The van der Waals surface area contributed by atoms with E-state index in [1.807, 2.05) is 12.1 Å². The summed E-state index contributed by atoms with van der Waals surface area (Å²) in [4.78, 5) is 15.6. The van der Waals surface area contributed by atoms with Gasteiger partial charge in [0.05, 0.1) is 5.56 Å². The number of carbonyl (C=O) groups excluding carboxylic acids is 1. The molecule has 2 rings (SSSR count). The summed E-state index contributed by atoms with van der Waals surface area (Å²) in [5, 5.41) is 0.